The van der Waals surface area contributed by atoms with Crippen molar-refractivity contribution in [2.75, 3.05) is 13.2 Å². The molecule has 1 fully saturated rings. The Kier molecular flexibility index (Phi) is 3.63. The summed E-state index contributed by atoms with van der Waals surface area (Å²) in [6, 6.07) is 6.29. The molecule has 1 aromatic rings. The molecule has 2 unspecified atom stereocenters. The number of nitrogens with two attached hydrogens (primary N) is 1. The molecule has 2 atom stereocenters. The second-order valence-electron chi connectivity index (χ2n) is 6.77. The summed E-state index contributed by atoms with van der Waals surface area (Å²) in [6.45, 7) is 6.13. The zero-order valence-electron chi connectivity index (χ0n) is 12.5. The molecule has 0 aromatic heterocycles. The van der Waals surface area contributed by atoms with E-state index in [1.165, 1.54) is 24.8 Å². The standard InChI is InChI=1S/C17H25NO2/c1-17(2)8-3-5-13(17)16(18)12-6-7-14-15(11-12)20-10-4-9-19-14/h6-7,11,13,16H,3-5,8-10,18H2,1-2H3. The Labute approximate surface area is 121 Å². The molecule has 20 heavy (non-hydrogen) atoms. The lowest BCUT2D eigenvalue weighted by molar-refractivity contribution is 0.221. The Balaban J connectivity index is 1.85. The first-order valence-electron chi connectivity index (χ1n) is 7.73. The molecule has 110 valence electrons. The first-order valence-corrected chi connectivity index (χ1v) is 7.73. The van der Waals surface area contributed by atoms with Crippen LogP contribution in [0.3, 0.4) is 0 Å². The van der Waals surface area contributed by atoms with Gasteiger partial charge in [-0.3, -0.25) is 0 Å². The molecule has 0 saturated heterocycles. The Hall–Kier alpha value is -1.22. The average molecular weight is 275 g/mol. The molecule has 3 rings (SSSR count). The minimum atomic E-state index is 0.0876. The summed E-state index contributed by atoms with van der Waals surface area (Å²) < 4.78 is 11.5. The second-order valence-corrected chi connectivity index (χ2v) is 6.77. The van der Waals surface area contributed by atoms with Crippen molar-refractivity contribution in [1.29, 1.82) is 0 Å². The van der Waals surface area contributed by atoms with Gasteiger partial charge in [0.2, 0.25) is 0 Å². The monoisotopic (exact) mass is 275 g/mol. The maximum Gasteiger partial charge on any atom is 0.161 e. The highest BCUT2D eigenvalue weighted by Crippen LogP contribution is 2.48. The van der Waals surface area contributed by atoms with Gasteiger partial charge >= 0.3 is 0 Å². The number of rotatable bonds is 2. The normalized spacial score (nSPS) is 26.1. The van der Waals surface area contributed by atoms with Crippen LogP contribution in [-0.2, 0) is 0 Å². The summed E-state index contributed by atoms with van der Waals surface area (Å²) in [5.41, 5.74) is 8.06. The number of hydrogen-bond acceptors (Lipinski definition) is 3. The minimum absolute atomic E-state index is 0.0876. The van der Waals surface area contributed by atoms with Crippen LogP contribution < -0.4 is 15.2 Å². The van der Waals surface area contributed by atoms with Crippen LogP contribution in [0, 0.1) is 11.3 Å². The Morgan fingerprint density at radius 3 is 2.60 bits per heavy atom. The van der Waals surface area contributed by atoms with E-state index in [0.717, 1.165) is 31.1 Å². The largest absolute Gasteiger partial charge is 0.490 e. The molecule has 1 saturated carbocycles. The van der Waals surface area contributed by atoms with Gasteiger partial charge in [-0.05, 0) is 41.9 Å². The van der Waals surface area contributed by atoms with Crippen LogP contribution in [0.5, 0.6) is 11.5 Å². The molecule has 1 heterocycles. The first kappa shape index (κ1) is 13.7. The number of benzene rings is 1. The van der Waals surface area contributed by atoms with Crippen LogP contribution in [0.25, 0.3) is 0 Å². The molecule has 2 N–H and O–H groups in total. The van der Waals surface area contributed by atoms with Gasteiger partial charge in [-0.25, -0.2) is 0 Å². The highest BCUT2D eigenvalue weighted by atomic mass is 16.5. The van der Waals surface area contributed by atoms with Crippen LogP contribution in [0.4, 0.5) is 0 Å². The molecule has 1 aliphatic heterocycles. The lowest BCUT2D eigenvalue weighted by atomic mass is 9.76. The summed E-state index contributed by atoms with van der Waals surface area (Å²) in [4.78, 5) is 0. The SMILES string of the molecule is CC1(C)CCCC1C(N)c1ccc2c(c1)OCCCO2. The fourth-order valence-electron chi connectivity index (χ4n) is 3.64. The van der Waals surface area contributed by atoms with E-state index in [4.69, 9.17) is 15.2 Å². The third kappa shape index (κ3) is 2.51. The maximum atomic E-state index is 6.55. The fourth-order valence-corrected chi connectivity index (χ4v) is 3.64. The van der Waals surface area contributed by atoms with Crippen LogP contribution in [-0.4, -0.2) is 13.2 Å². The van der Waals surface area contributed by atoms with Gasteiger partial charge in [0.05, 0.1) is 13.2 Å². The quantitative estimate of drug-likeness (QED) is 0.895. The van der Waals surface area contributed by atoms with Gasteiger partial charge in [-0.2, -0.15) is 0 Å². The van der Waals surface area contributed by atoms with Gasteiger partial charge < -0.3 is 15.2 Å². The lowest BCUT2D eigenvalue weighted by Crippen LogP contribution is -2.29. The first-order chi connectivity index (χ1) is 9.58. The summed E-state index contributed by atoms with van der Waals surface area (Å²) in [5, 5.41) is 0. The Morgan fingerprint density at radius 2 is 1.90 bits per heavy atom. The lowest BCUT2D eigenvalue weighted by Gasteiger charge is -2.32. The van der Waals surface area contributed by atoms with Crippen LogP contribution in [0.2, 0.25) is 0 Å². The van der Waals surface area contributed by atoms with E-state index in [9.17, 15) is 0 Å². The fraction of sp³-hybridized carbons (Fsp3) is 0.647. The Morgan fingerprint density at radius 1 is 1.15 bits per heavy atom. The van der Waals surface area contributed by atoms with Gasteiger partial charge in [-0.15, -0.1) is 0 Å². The van der Waals surface area contributed by atoms with E-state index < -0.39 is 0 Å². The molecule has 0 bridgehead atoms. The van der Waals surface area contributed by atoms with Gasteiger partial charge in [0, 0.05) is 12.5 Å². The zero-order valence-corrected chi connectivity index (χ0v) is 12.5. The van der Waals surface area contributed by atoms with Crippen molar-refractivity contribution >= 4 is 0 Å². The van der Waals surface area contributed by atoms with Crippen molar-refractivity contribution in [3.05, 3.63) is 23.8 Å². The van der Waals surface area contributed by atoms with E-state index >= 15 is 0 Å². The summed E-state index contributed by atoms with van der Waals surface area (Å²) in [6.07, 6.45) is 4.72. The number of ether oxygens (including phenoxy) is 2. The third-order valence-corrected chi connectivity index (χ3v) is 4.93. The topological polar surface area (TPSA) is 44.5 Å². The second kappa shape index (κ2) is 5.28. The van der Waals surface area contributed by atoms with E-state index in [1.807, 2.05) is 6.07 Å². The van der Waals surface area contributed by atoms with E-state index in [2.05, 4.69) is 26.0 Å². The van der Waals surface area contributed by atoms with Crippen LogP contribution >= 0.6 is 0 Å². The molecule has 1 aromatic carbocycles. The molecule has 0 spiro atoms. The molecule has 3 heteroatoms. The van der Waals surface area contributed by atoms with E-state index in [0.29, 0.717) is 11.3 Å². The van der Waals surface area contributed by atoms with E-state index in [1.54, 1.807) is 0 Å². The highest BCUT2D eigenvalue weighted by Gasteiger charge is 2.38. The van der Waals surface area contributed by atoms with Crippen molar-refractivity contribution < 1.29 is 9.47 Å². The predicted molar refractivity (Wildman–Crippen MR) is 80.1 cm³/mol. The highest BCUT2D eigenvalue weighted by molar-refractivity contribution is 5.44. The van der Waals surface area contributed by atoms with Gasteiger partial charge in [0.25, 0.3) is 0 Å². The molecule has 1 aliphatic carbocycles. The predicted octanol–water partition coefficient (Wildman–Crippen LogP) is 3.67. The van der Waals surface area contributed by atoms with Crippen LogP contribution in [0.15, 0.2) is 18.2 Å². The molecule has 0 radical (unpaired) electrons. The summed E-state index contributed by atoms with van der Waals surface area (Å²) in [7, 11) is 0. The molecule has 2 aliphatic rings. The van der Waals surface area contributed by atoms with Crippen LogP contribution in [0.1, 0.15) is 51.1 Å². The van der Waals surface area contributed by atoms with Gasteiger partial charge in [0.15, 0.2) is 11.5 Å². The van der Waals surface area contributed by atoms with Gasteiger partial charge in [-0.1, -0.05) is 26.3 Å². The summed E-state index contributed by atoms with van der Waals surface area (Å²) in [5.74, 6) is 2.25. The van der Waals surface area contributed by atoms with Gasteiger partial charge in [0.1, 0.15) is 0 Å². The van der Waals surface area contributed by atoms with Crippen molar-refractivity contribution in [3.8, 4) is 11.5 Å². The van der Waals surface area contributed by atoms with E-state index in [-0.39, 0.29) is 6.04 Å². The maximum absolute atomic E-state index is 6.55. The van der Waals surface area contributed by atoms with Crippen molar-refractivity contribution in [2.24, 2.45) is 17.1 Å². The summed E-state index contributed by atoms with van der Waals surface area (Å²) >= 11 is 0. The zero-order chi connectivity index (χ0) is 14.2. The molecular weight excluding hydrogens is 250 g/mol. The van der Waals surface area contributed by atoms with Crippen molar-refractivity contribution in [1.82, 2.24) is 0 Å². The minimum Gasteiger partial charge on any atom is -0.490 e. The van der Waals surface area contributed by atoms with Crippen molar-refractivity contribution in [2.45, 2.75) is 45.6 Å². The average Bonchev–Trinajstić information content (AvgIpc) is 2.64. The smallest absolute Gasteiger partial charge is 0.161 e. The Bertz CT molecular complexity index is 484. The number of hydrogen-bond donors (Lipinski definition) is 1. The molecular formula is C17H25NO2. The molecule has 3 nitrogen and oxygen atoms in total. The molecule has 0 amide bonds. The van der Waals surface area contributed by atoms with Crippen molar-refractivity contribution in [3.63, 3.8) is 0 Å². The number of fused-ring (bicyclic) bond motifs is 1. The third-order valence-electron chi connectivity index (χ3n) is 4.93.